The fourth-order valence-corrected chi connectivity index (χ4v) is 2.87. The highest BCUT2D eigenvalue weighted by molar-refractivity contribution is 9.10. The van der Waals surface area contributed by atoms with Crippen LogP contribution in [0.25, 0.3) is 21.9 Å². The van der Waals surface area contributed by atoms with Crippen molar-refractivity contribution in [2.75, 3.05) is 5.32 Å². The number of hydrogen-bond acceptors (Lipinski definition) is 3. The predicted molar refractivity (Wildman–Crippen MR) is 88.8 cm³/mol. The first-order valence-corrected chi connectivity index (χ1v) is 7.34. The Labute approximate surface area is 129 Å². The van der Waals surface area contributed by atoms with Crippen molar-refractivity contribution in [3.05, 3.63) is 59.3 Å². The number of fused-ring (bicyclic) bond motifs is 3. The molecule has 0 saturated carbocycles. The van der Waals surface area contributed by atoms with Crippen molar-refractivity contribution in [1.82, 2.24) is 15.0 Å². The van der Waals surface area contributed by atoms with Crippen molar-refractivity contribution in [1.29, 1.82) is 0 Å². The Kier molecular flexibility index (Phi) is 2.86. The molecule has 5 heteroatoms. The first-order valence-electron chi connectivity index (χ1n) is 6.55. The lowest BCUT2D eigenvalue weighted by Gasteiger charge is -2.07. The van der Waals surface area contributed by atoms with Crippen LogP contribution in [0.2, 0.25) is 0 Å². The molecule has 0 atom stereocenters. The first-order chi connectivity index (χ1) is 10.3. The summed E-state index contributed by atoms with van der Waals surface area (Å²) in [6, 6.07) is 16.1. The van der Waals surface area contributed by atoms with Gasteiger partial charge in [0, 0.05) is 21.1 Å². The summed E-state index contributed by atoms with van der Waals surface area (Å²) < 4.78 is 1.02. The van der Waals surface area contributed by atoms with E-state index in [1.807, 2.05) is 42.5 Å². The monoisotopic (exact) mass is 338 g/mol. The summed E-state index contributed by atoms with van der Waals surface area (Å²) in [5, 5.41) is 5.49. The average molecular weight is 339 g/mol. The van der Waals surface area contributed by atoms with Gasteiger partial charge in [-0.1, -0.05) is 40.2 Å². The molecule has 4 nitrogen and oxygen atoms in total. The largest absolute Gasteiger partial charge is 0.340 e. The molecular weight excluding hydrogens is 328 g/mol. The van der Waals surface area contributed by atoms with Gasteiger partial charge >= 0.3 is 0 Å². The Balaban J connectivity index is 1.92. The predicted octanol–water partition coefficient (Wildman–Crippen LogP) is 4.62. The lowest BCUT2D eigenvalue weighted by Crippen LogP contribution is -1.95. The van der Waals surface area contributed by atoms with Gasteiger partial charge in [0.05, 0.1) is 5.39 Å². The molecule has 2 aromatic carbocycles. The van der Waals surface area contributed by atoms with Gasteiger partial charge in [0.15, 0.2) is 0 Å². The van der Waals surface area contributed by atoms with E-state index in [-0.39, 0.29) is 0 Å². The van der Waals surface area contributed by atoms with Crippen molar-refractivity contribution in [3.63, 3.8) is 0 Å². The summed E-state index contributed by atoms with van der Waals surface area (Å²) in [5.74, 6) is 0.801. The van der Waals surface area contributed by atoms with Crippen molar-refractivity contribution < 1.29 is 0 Å². The second-order valence-electron chi connectivity index (χ2n) is 4.75. The van der Waals surface area contributed by atoms with Gasteiger partial charge in [-0.05, 0) is 24.3 Å². The van der Waals surface area contributed by atoms with Crippen molar-refractivity contribution in [3.8, 4) is 0 Å². The number of aromatic nitrogens is 3. The second kappa shape index (κ2) is 4.86. The van der Waals surface area contributed by atoms with Crippen molar-refractivity contribution in [2.24, 2.45) is 0 Å². The summed E-state index contributed by atoms with van der Waals surface area (Å²) in [4.78, 5) is 12.0. The number of halogens is 1. The normalized spacial score (nSPS) is 11.1. The van der Waals surface area contributed by atoms with E-state index in [1.54, 1.807) is 6.33 Å². The molecule has 0 spiro atoms. The Hall–Kier alpha value is -2.40. The van der Waals surface area contributed by atoms with E-state index in [0.29, 0.717) is 0 Å². The second-order valence-corrected chi connectivity index (χ2v) is 5.67. The van der Waals surface area contributed by atoms with Crippen molar-refractivity contribution in [2.45, 2.75) is 0 Å². The standard InChI is InChI=1S/C16H11BrN4/c17-10-4-3-5-11(8-10)20-15-14-12-6-1-2-7-13(12)21-16(14)19-9-18-15/h1-9H,(H2,18,19,20,21). The van der Waals surface area contributed by atoms with Crippen LogP contribution in [0.1, 0.15) is 0 Å². The van der Waals surface area contributed by atoms with Crippen molar-refractivity contribution >= 4 is 49.4 Å². The van der Waals surface area contributed by atoms with Crippen LogP contribution in [0.4, 0.5) is 11.5 Å². The zero-order valence-electron chi connectivity index (χ0n) is 11.0. The van der Waals surface area contributed by atoms with Crippen LogP contribution in [0.3, 0.4) is 0 Å². The van der Waals surface area contributed by atoms with Gasteiger partial charge in [-0.2, -0.15) is 0 Å². The smallest absolute Gasteiger partial charge is 0.143 e. The van der Waals surface area contributed by atoms with Crippen LogP contribution in [0, 0.1) is 0 Å². The van der Waals surface area contributed by atoms with Gasteiger partial charge in [0.1, 0.15) is 17.8 Å². The summed E-state index contributed by atoms with van der Waals surface area (Å²) >= 11 is 3.48. The molecular formula is C16H11BrN4. The minimum absolute atomic E-state index is 0.801. The van der Waals surface area contributed by atoms with Gasteiger partial charge in [0.2, 0.25) is 0 Å². The highest BCUT2D eigenvalue weighted by Crippen LogP contribution is 2.30. The number of nitrogens with one attached hydrogen (secondary N) is 2. The van der Waals surface area contributed by atoms with Gasteiger partial charge in [-0.15, -0.1) is 0 Å². The Morgan fingerprint density at radius 1 is 1.00 bits per heavy atom. The fraction of sp³-hybridized carbons (Fsp3) is 0. The molecule has 0 saturated heterocycles. The van der Waals surface area contributed by atoms with E-state index in [0.717, 1.165) is 37.9 Å². The summed E-state index contributed by atoms with van der Waals surface area (Å²) in [6.07, 6.45) is 1.57. The molecule has 0 radical (unpaired) electrons. The quantitative estimate of drug-likeness (QED) is 0.560. The highest BCUT2D eigenvalue weighted by Gasteiger charge is 2.10. The molecule has 4 rings (SSSR count). The minimum atomic E-state index is 0.801. The third kappa shape index (κ3) is 2.15. The van der Waals surface area contributed by atoms with Gasteiger partial charge in [-0.25, -0.2) is 9.97 Å². The molecule has 0 amide bonds. The molecule has 102 valence electrons. The Bertz CT molecular complexity index is 945. The Morgan fingerprint density at radius 2 is 1.90 bits per heavy atom. The minimum Gasteiger partial charge on any atom is -0.340 e. The topological polar surface area (TPSA) is 53.6 Å². The number of H-pyrrole nitrogens is 1. The van der Waals surface area contributed by atoms with E-state index in [1.165, 1.54) is 0 Å². The fourth-order valence-electron chi connectivity index (χ4n) is 2.47. The molecule has 0 aliphatic carbocycles. The molecule has 0 fully saturated rings. The first kappa shape index (κ1) is 12.3. The zero-order valence-corrected chi connectivity index (χ0v) is 12.6. The molecule has 0 bridgehead atoms. The van der Waals surface area contributed by atoms with E-state index in [9.17, 15) is 0 Å². The molecule has 2 aromatic heterocycles. The van der Waals surface area contributed by atoms with Gasteiger partial charge < -0.3 is 10.3 Å². The van der Waals surface area contributed by atoms with Crippen LogP contribution in [-0.4, -0.2) is 15.0 Å². The van der Waals surface area contributed by atoms with Crippen LogP contribution in [-0.2, 0) is 0 Å². The Morgan fingerprint density at radius 3 is 2.81 bits per heavy atom. The number of anilines is 2. The molecule has 0 aliphatic rings. The number of aromatic amines is 1. The maximum atomic E-state index is 4.40. The third-order valence-electron chi connectivity index (χ3n) is 3.38. The van der Waals surface area contributed by atoms with Crippen LogP contribution in [0.15, 0.2) is 59.3 Å². The maximum absolute atomic E-state index is 4.40. The van der Waals surface area contributed by atoms with Crippen LogP contribution >= 0.6 is 15.9 Å². The summed E-state index contributed by atoms with van der Waals surface area (Å²) in [5.41, 5.74) is 2.88. The number of para-hydroxylation sites is 1. The number of benzene rings is 2. The summed E-state index contributed by atoms with van der Waals surface area (Å²) in [7, 11) is 0. The maximum Gasteiger partial charge on any atom is 0.143 e. The number of nitrogens with zero attached hydrogens (tertiary/aromatic N) is 2. The van der Waals surface area contributed by atoms with E-state index in [2.05, 4.69) is 42.3 Å². The molecule has 0 unspecified atom stereocenters. The van der Waals surface area contributed by atoms with Gasteiger partial charge in [-0.3, -0.25) is 0 Å². The molecule has 2 heterocycles. The number of rotatable bonds is 2. The summed E-state index contributed by atoms with van der Waals surface area (Å²) in [6.45, 7) is 0. The van der Waals surface area contributed by atoms with Crippen LogP contribution < -0.4 is 5.32 Å². The van der Waals surface area contributed by atoms with Crippen LogP contribution in [0.5, 0.6) is 0 Å². The number of hydrogen-bond donors (Lipinski definition) is 2. The molecule has 21 heavy (non-hydrogen) atoms. The SMILES string of the molecule is Brc1cccc(Nc2ncnc3[nH]c4ccccc4c23)c1. The van der Waals surface area contributed by atoms with E-state index < -0.39 is 0 Å². The average Bonchev–Trinajstić information content (AvgIpc) is 2.87. The molecule has 4 aromatic rings. The molecule has 0 aliphatic heterocycles. The highest BCUT2D eigenvalue weighted by atomic mass is 79.9. The lowest BCUT2D eigenvalue weighted by molar-refractivity contribution is 1.20. The zero-order chi connectivity index (χ0) is 14.2. The molecule has 2 N–H and O–H groups in total. The van der Waals surface area contributed by atoms with E-state index in [4.69, 9.17) is 0 Å². The van der Waals surface area contributed by atoms with Gasteiger partial charge in [0.25, 0.3) is 0 Å². The lowest BCUT2D eigenvalue weighted by atomic mass is 10.2. The van der Waals surface area contributed by atoms with E-state index >= 15 is 0 Å². The third-order valence-corrected chi connectivity index (χ3v) is 3.88.